The minimum Gasteiger partial charge on any atom is -0.444 e. The molecule has 0 bridgehead atoms. The van der Waals surface area contributed by atoms with Crippen LogP contribution >= 0.6 is 11.6 Å². The standard InChI is InChI=1S/C23H22ClN3O3/c1-14(2)15-8-10-16(11-9-15)23(3)21(28)27(22(29)26-23)12-17-13-30-20(25-17)18-6-4-5-7-19(18)24/h4-11,13-14H,12H2,1-3H3,(H,26,29). The summed E-state index contributed by atoms with van der Waals surface area (Å²) < 4.78 is 5.52. The molecule has 6 nitrogen and oxygen atoms in total. The zero-order chi connectivity index (χ0) is 21.5. The number of rotatable bonds is 5. The van der Waals surface area contributed by atoms with Gasteiger partial charge in [-0.15, -0.1) is 0 Å². The summed E-state index contributed by atoms with van der Waals surface area (Å²) in [5, 5.41) is 3.33. The lowest BCUT2D eigenvalue weighted by Gasteiger charge is -2.22. The molecule has 1 fully saturated rings. The van der Waals surface area contributed by atoms with E-state index in [4.69, 9.17) is 16.0 Å². The van der Waals surface area contributed by atoms with Crippen molar-refractivity contribution < 1.29 is 14.0 Å². The third kappa shape index (κ3) is 3.48. The minimum absolute atomic E-state index is 0.0122. The number of carbonyl (C=O) groups excluding carboxylic acids is 2. The van der Waals surface area contributed by atoms with E-state index in [1.165, 1.54) is 11.8 Å². The molecule has 1 aliphatic heterocycles. The molecular formula is C23H22ClN3O3. The van der Waals surface area contributed by atoms with E-state index in [0.717, 1.165) is 10.5 Å². The number of nitrogens with zero attached hydrogens (tertiary/aromatic N) is 2. The molecule has 1 unspecified atom stereocenters. The first-order chi connectivity index (χ1) is 14.3. The molecule has 3 amide bonds. The van der Waals surface area contributed by atoms with Crippen LogP contribution in [-0.4, -0.2) is 21.8 Å². The highest BCUT2D eigenvalue weighted by molar-refractivity contribution is 6.33. The maximum Gasteiger partial charge on any atom is 0.325 e. The summed E-state index contributed by atoms with van der Waals surface area (Å²) in [6.45, 7) is 5.94. The van der Waals surface area contributed by atoms with Crippen LogP contribution in [0.2, 0.25) is 5.02 Å². The van der Waals surface area contributed by atoms with Gasteiger partial charge in [-0.2, -0.15) is 0 Å². The normalized spacial score (nSPS) is 18.9. The fraction of sp³-hybridized carbons (Fsp3) is 0.261. The molecule has 0 saturated carbocycles. The molecule has 0 spiro atoms. The maximum atomic E-state index is 13.2. The Labute approximate surface area is 179 Å². The summed E-state index contributed by atoms with van der Waals surface area (Å²) in [5.74, 6) is 0.401. The van der Waals surface area contributed by atoms with Crippen LogP contribution in [0.25, 0.3) is 11.5 Å². The van der Waals surface area contributed by atoms with Crippen LogP contribution in [0.15, 0.2) is 59.2 Å². The molecule has 1 saturated heterocycles. The van der Waals surface area contributed by atoms with E-state index < -0.39 is 11.6 Å². The fourth-order valence-electron chi connectivity index (χ4n) is 3.54. The molecule has 7 heteroatoms. The van der Waals surface area contributed by atoms with Gasteiger partial charge >= 0.3 is 6.03 Å². The van der Waals surface area contributed by atoms with Crippen LogP contribution < -0.4 is 5.32 Å². The molecule has 1 aliphatic rings. The maximum absolute atomic E-state index is 13.2. The molecule has 2 heterocycles. The molecule has 0 radical (unpaired) electrons. The number of halogens is 1. The van der Waals surface area contributed by atoms with Gasteiger partial charge in [0.05, 0.1) is 22.8 Å². The lowest BCUT2D eigenvalue weighted by molar-refractivity contribution is -0.131. The van der Waals surface area contributed by atoms with E-state index >= 15 is 0 Å². The second-order valence-corrected chi connectivity index (χ2v) is 8.25. The number of urea groups is 1. The van der Waals surface area contributed by atoms with Gasteiger partial charge in [0, 0.05) is 0 Å². The van der Waals surface area contributed by atoms with Crippen molar-refractivity contribution >= 4 is 23.5 Å². The summed E-state index contributed by atoms with van der Waals surface area (Å²) in [7, 11) is 0. The Morgan fingerprint density at radius 2 is 1.83 bits per heavy atom. The number of imide groups is 1. The highest BCUT2D eigenvalue weighted by Gasteiger charge is 2.49. The van der Waals surface area contributed by atoms with Gasteiger partial charge in [-0.25, -0.2) is 9.78 Å². The van der Waals surface area contributed by atoms with Crippen molar-refractivity contribution in [2.45, 2.75) is 38.8 Å². The van der Waals surface area contributed by atoms with Crippen LogP contribution in [0, 0.1) is 0 Å². The third-order valence-corrected chi connectivity index (χ3v) is 5.74. The highest BCUT2D eigenvalue weighted by Crippen LogP contribution is 2.32. The van der Waals surface area contributed by atoms with Gasteiger partial charge in [0.15, 0.2) is 0 Å². The third-order valence-electron chi connectivity index (χ3n) is 5.41. The first-order valence-corrected chi connectivity index (χ1v) is 10.1. The number of amides is 3. The predicted octanol–water partition coefficient (Wildman–Crippen LogP) is 5.09. The van der Waals surface area contributed by atoms with Crippen molar-refractivity contribution in [3.63, 3.8) is 0 Å². The molecular weight excluding hydrogens is 402 g/mol. The molecule has 1 N–H and O–H groups in total. The first-order valence-electron chi connectivity index (χ1n) is 9.73. The summed E-state index contributed by atoms with van der Waals surface area (Å²) in [4.78, 5) is 31.3. The Kier molecular flexibility index (Phi) is 5.12. The Balaban J connectivity index is 1.56. The van der Waals surface area contributed by atoms with Crippen molar-refractivity contribution in [2.24, 2.45) is 0 Å². The van der Waals surface area contributed by atoms with E-state index in [-0.39, 0.29) is 12.5 Å². The summed E-state index contributed by atoms with van der Waals surface area (Å²) >= 11 is 6.19. The summed E-state index contributed by atoms with van der Waals surface area (Å²) in [5.41, 5.74) is 1.91. The number of benzene rings is 2. The van der Waals surface area contributed by atoms with Crippen LogP contribution in [-0.2, 0) is 16.9 Å². The number of carbonyl (C=O) groups is 2. The molecule has 3 aromatic rings. The number of oxazole rings is 1. The van der Waals surface area contributed by atoms with E-state index in [1.807, 2.05) is 36.4 Å². The van der Waals surface area contributed by atoms with Crippen molar-refractivity contribution in [3.8, 4) is 11.5 Å². The smallest absolute Gasteiger partial charge is 0.325 e. The Bertz CT molecular complexity index is 1110. The van der Waals surface area contributed by atoms with Gasteiger partial charge in [0.1, 0.15) is 11.8 Å². The highest BCUT2D eigenvalue weighted by atomic mass is 35.5. The monoisotopic (exact) mass is 423 g/mol. The van der Waals surface area contributed by atoms with E-state index in [0.29, 0.717) is 28.1 Å². The largest absolute Gasteiger partial charge is 0.444 e. The van der Waals surface area contributed by atoms with Crippen LogP contribution in [0.1, 0.15) is 43.5 Å². The van der Waals surface area contributed by atoms with Crippen molar-refractivity contribution in [1.82, 2.24) is 15.2 Å². The minimum atomic E-state index is -1.12. The molecule has 1 atom stereocenters. The van der Waals surface area contributed by atoms with Crippen LogP contribution in [0.4, 0.5) is 4.79 Å². The van der Waals surface area contributed by atoms with Crippen LogP contribution in [0.5, 0.6) is 0 Å². The predicted molar refractivity (Wildman–Crippen MR) is 114 cm³/mol. The number of hydrogen-bond acceptors (Lipinski definition) is 4. The first kappa shape index (κ1) is 20.2. The van der Waals surface area contributed by atoms with Crippen molar-refractivity contribution in [3.05, 3.63) is 76.6 Å². The quantitative estimate of drug-likeness (QED) is 0.580. The topological polar surface area (TPSA) is 75.4 Å². The van der Waals surface area contributed by atoms with Gasteiger partial charge < -0.3 is 9.73 Å². The van der Waals surface area contributed by atoms with Crippen LogP contribution in [0.3, 0.4) is 0 Å². The molecule has 4 rings (SSSR count). The second-order valence-electron chi connectivity index (χ2n) is 7.85. The molecule has 0 aliphatic carbocycles. The molecule has 30 heavy (non-hydrogen) atoms. The molecule has 1 aromatic heterocycles. The lowest BCUT2D eigenvalue weighted by atomic mass is 9.90. The lowest BCUT2D eigenvalue weighted by Crippen LogP contribution is -2.40. The SMILES string of the molecule is CC(C)c1ccc(C2(C)NC(=O)N(Cc3coc(-c4ccccc4Cl)n3)C2=O)cc1. The molecule has 2 aromatic carbocycles. The second kappa shape index (κ2) is 7.61. The van der Waals surface area contributed by atoms with Gasteiger partial charge in [-0.05, 0) is 36.1 Å². The Hall–Kier alpha value is -3.12. The van der Waals surface area contributed by atoms with E-state index in [1.54, 1.807) is 19.1 Å². The fourth-order valence-corrected chi connectivity index (χ4v) is 3.75. The summed E-state index contributed by atoms with van der Waals surface area (Å²) in [6.07, 6.45) is 1.44. The van der Waals surface area contributed by atoms with Gasteiger partial charge in [0.25, 0.3) is 5.91 Å². The Morgan fingerprint density at radius 3 is 2.50 bits per heavy atom. The number of hydrogen-bond donors (Lipinski definition) is 1. The average Bonchev–Trinajstić information content (AvgIpc) is 3.27. The zero-order valence-corrected chi connectivity index (χ0v) is 17.7. The molecule has 154 valence electrons. The Morgan fingerprint density at radius 1 is 1.13 bits per heavy atom. The van der Waals surface area contributed by atoms with Crippen molar-refractivity contribution in [1.29, 1.82) is 0 Å². The van der Waals surface area contributed by atoms with Crippen molar-refractivity contribution in [2.75, 3.05) is 0 Å². The van der Waals surface area contributed by atoms with Gasteiger partial charge in [-0.3, -0.25) is 9.69 Å². The zero-order valence-electron chi connectivity index (χ0n) is 17.0. The number of nitrogens with one attached hydrogen (secondary N) is 1. The van der Waals surface area contributed by atoms with E-state index in [2.05, 4.69) is 24.1 Å². The van der Waals surface area contributed by atoms with Gasteiger partial charge in [0.2, 0.25) is 5.89 Å². The van der Waals surface area contributed by atoms with Gasteiger partial charge in [-0.1, -0.05) is 61.8 Å². The average molecular weight is 424 g/mol. The summed E-state index contributed by atoms with van der Waals surface area (Å²) in [6, 6.07) is 14.5. The number of aromatic nitrogens is 1. The van der Waals surface area contributed by atoms with E-state index in [9.17, 15) is 9.59 Å².